The van der Waals surface area contributed by atoms with Crippen LogP contribution in [0, 0.1) is 19.8 Å². The number of thiazole rings is 1. The van der Waals surface area contributed by atoms with Gasteiger partial charge < -0.3 is 15.4 Å². The fraction of sp³-hybridized carbons (Fsp3) is 0.227. The quantitative estimate of drug-likeness (QED) is 0.457. The van der Waals surface area contributed by atoms with Crippen LogP contribution in [0.1, 0.15) is 33.9 Å². The number of imidazole rings is 1. The lowest BCUT2D eigenvalue weighted by Gasteiger charge is -2.10. The summed E-state index contributed by atoms with van der Waals surface area (Å²) in [6.07, 6.45) is 3.51. The van der Waals surface area contributed by atoms with Crippen LogP contribution in [0.2, 0.25) is 0 Å². The van der Waals surface area contributed by atoms with Crippen LogP contribution in [-0.2, 0) is 4.79 Å². The van der Waals surface area contributed by atoms with E-state index in [2.05, 4.69) is 25.7 Å². The number of anilines is 2. The second-order valence-electron chi connectivity index (χ2n) is 7.65. The van der Waals surface area contributed by atoms with Crippen molar-refractivity contribution in [1.82, 2.24) is 19.6 Å². The number of ether oxygens (including phenoxy) is 1. The van der Waals surface area contributed by atoms with Crippen LogP contribution in [0.25, 0.3) is 5.65 Å². The van der Waals surface area contributed by atoms with Gasteiger partial charge in [0.2, 0.25) is 11.8 Å². The summed E-state index contributed by atoms with van der Waals surface area (Å²) in [4.78, 5) is 33.0. The molecule has 1 aliphatic carbocycles. The summed E-state index contributed by atoms with van der Waals surface area (Å²) in [5.74, 6) is 1.16. The van der Waals surface area contributed by atoms with Crippen LogP contribution in [-0.4, -0.2) is 31.4 Å². The maximum absolute atomic E-state index is 12.5. The summed E-state index contributed by atoms with van der Waals surface area (Å²) in [5.41, 5.74) is 2.51. The van der Waals surface area contributed by atoms with Crippen LogP contribution in [0.5, 0.6) is 11.6 Å². The zero-order valence-corrected chi connectivity index (χ0v) is 18.3. The molecular formula is C22H20N6O3S. The Labute approximate surface area is 187 Å². The number of aromatic nitrogens is 4. The van der Waals surface area contributed by atoms with Crippen molar-refractivity contribution in [2.45, 2.75) is 26.7 Å². The third kappa shape index (κ3) is 4.30. The van der Waals surface area contributed by atoms with Gasteiger partial charge in [-0.3, -0.25) is 9.59 Å². The van der Waals surface area contributed by atoms with Gasteiger partial charge in [0.25, 0.3) is 5.91 Å². The van der Waals surface area contributed by atoms with Crippen molar-refractivity contribution in [2.75, 3.05) is 10.6 Å². The molecule has 0 saturated heterocycles. The Balaban J connectivity index is 1.32. The Hall–Kier alpha value is -3.79. The zero-order valence-electron chi connectivity index (χ0n) is 17.5. The van der Waals surface area contributed by atoms with Crippen LogP contribution >= 0.6 is 11.3 Å². The van der Waals surface area contributed by atoms with E-state index in [0.717, 1.165) is 23.4 Å². The van der Waals surface area contributed by atoms with E-state index >= 15 is 0 Å². The number of rotatable bonds is 6. The second-order valence-corrected chi connectivity index (χ2v) is 8.71. The van der Waals surface area contributed by atoms with Crippen LogP contribution in [0.4, 0.5) is 11.5 Å². The standard InChI is InChI=1S/C22H20N6O3S/c1-12-3-6-15(9-16(12)24-22(30)17-11-32-13(2)23-17)31-20-8-7-19-25-18(10-28(19)27-20)26-21(29)14-4-5-14/h3,6-11,14H,4-5H2,1-2H3,(H,24,30)(H,26,29). The maximum atomic E-state index is 12.5. The van der Waals surface area contributed by atoms with E-state index in [9.17, 15) is 9.59 Å². The fourth-order valence-electron chi connectivity index (χ4n) is 3.13. The average Bonchev–Trinajstić information content (AvgIpc) is 3.41. The molecule has 1 aromatic carbocycles. The predicted molar refractivity (Wildman–Crippen MR) is 120 cm³/mol. The van der Waals surface area contributed by atoms with Crippen molar-refractivity contribution in [2.24, 2.45) is 5.92 Å². The lowest BCUT2D eigenvalue weighted by molar-refractivity contribution is -0.117. The first-order valence-electron chi connectivity index (χ1n) is 10.1. The van der Waals surface area contributed by atoms with Crippen molar-refractivity contribution in [3.05, 3.63) is 58.2 Å². The number of benzene rings is 1. The average molecular weight is 449 g/mol. The normalized spacial score (nSPS) is 13.2. The molecule has 2 amide bonds. The van der Waals surface area contributed by atoms with E-state index in [0.29, 0.717) is 34.5 Å². The van der Waals surface area contributed by atoms with Crippen molar-refractivity contribution in [3.8, 4) is 11.6 Å². The van der Waals surface area contributed by atoms with Gasteiger partial charge in [0.15, 0.2) is 11.5 Å². The Morgan fingerprint density at radius 1 is 1.12 bits per heavy atom. The van der Waals surface area contributed by atoms with Crippen molar-refractivity contribution in [3.63, 3.8) is 0 Å². The summed E-state index contributed by atoms with van der Waals surface area (Å²) in [6.45, 7) is 3.76. The molecule has 1 saturated carbocycles. The predicted octanol–water partition coefficient (Wildman–Crippen LogP) is 4.20. The topological polar surface area (TPSA) is 111 Å². The minimum Gasteiger partial charge on any atom is -0.438 e. The summed E-state index contributed by atoms with van der Waals surface area (Å²) in [6, 6.07) is 8.87. The SMILES string of the molecule is Cc1nc(C(=O)Nc2cc(Oc3ccc4nc(NC(=O)C5CC5)cn4n3)ccc2C)cs1. The van der Waals surface area contributed by atoms with Gasteiger partial charge in [-0.15, -0.1) is 16.4 Å². The molecule has 5 rings (SSSR count). The van der Waals surface area contributed by atoms with Gasteiger partial charge in [0, 0.05) is 29.1 Å². The van der Waals surface area contributed by atoms with Crippen molar-refractivity contribution < 1.29 is 14.3 Å². The third-order valence-electron chi connectivity index (χ3n) is 5.03. The smallest absolute Gasteiger partial charge is 0.275 e. The van der Waals surface area contributed by atoms with Crippen molar-refractivity contribution in [1.29, 1.82) is 0 Å². The molecule has 1 aliphatic rings. The molecule has 3 heterocycles. The molecule has 9 nitrogen and oxygen atoms in total. The number of nitrogens with one attached hydrogen (secondary N) is 2. The number of hydrogen-bond donors (Lipinski definition) is 2. The van der Waals surface area contributed by atoms with E-state index in [-0.39, 0.29) is 17.7 Å². The third-order valence-corrected chi connectivity index (χ3v) is 5.80. The van der Waals surface area contributed by atoms with E-state index in [1.165, 1.54) is 11.3 Å². The van der Waals surface area contributed by atoms with Gasteiger partial charge in [-0.05, 0) is 44.4 Å². The fourth-order valence-corrected chi connectivity index (χ4v) is 3.72. The molecule has 32 heavy (non-hydrogen) atoms. The van der Waals surface area contributed by atoms with Gasteiger partial charge in [0.1, 0.15) is 11.4 Å². The molecule has 2 N–H and O–H groups in total. The summed E-state index contributed by atoms with van der Waals surface area (Å²) < 4.78 is 7.46. The largest absolute Gasteiger partial charge is 0.438 e. The molecule has 10 heteroatoms. The van der Waals surface area contributed by atoms with Crippen molar-refractivity contribution >= 4 is 40.3 Å². The molecular weight excluding hydrogens is 428 g/mol. The highest BCUT2D eigenvalue weighted by Gasteiger charge is 2.30. The summed E-state index contributed by atoms with van der Waals surface area (Å²) in [7, 11) is 0. The number of carbonyl (C=O) groups excluding carboxylic acids is 2. The molecule has 162 valence electrons. The molecule has 0 radical (unpaired) electrons. The molecule has 1 fully saturated rings. The van der Waals surface area contributed by atoms with Gasteiger partial charge in [-0.2, -0.15) is 0 Å². The second kappa shape index (κ2) is 8.04. The van der Waals surface area contributed by atoms with Gasteiger partial charge >= 0.3 is 0 Å². The molecule has 0 bridgehead atoms. The van der Waals surface area contributed by atoms with E-state index in [1.54, 1.807) is 40.4 Å². The summed E-state index contributed by atoms with van der Waals surface area (Å²) >= 11 is 1.43. The number of aryl methyl sites for hydroxylation is 2. The van der Waals surface area contributed by atoms with Gasteiger partial charge in [-0.1, -0.05) is 6.07 Å². The number of carbonyl (C=O) groups is 2. The lowest BCUT2D eigenvalue weighted by atomic mass is 10.2. The number of hydrogen-bond acceptors (Lipinski definition) is 7. The maximum Gasteiger partial charge on any atom is 0.275 e. The highest BCUT2D eigenvalue weighted by Crippen LogP contribution is 2.30. The minimum atomic E-state index is -0.270. The Morgan fingerprint density at radius 2 is 1.97 bits per heavy atom. The summed E-state index contributed by atoms with van der Waals surface area (Å²) in [5, 5.41) is 12.7. The Kier molecular flexibility index (Phi) is 5.06. The highest BCUT2D eigenvalue weighted by atomic mass is 32.1. The first-order valence-corrected chi connectivity index (χ1v) is 11.0. The first kappa shape index (κ1) is 20.1. The molecule has 0 unspecified atom stereocenters. The first-order chi connectivity index (χ1) is 15.4. The lowest BCUT2D eigenvalue weighted by Crippen LogP contribution is -2.13. The van der Waals surface area contributed by atoms with E-state index in [1.807, 2.05) is 19.9 Å². The zero-order chi connectivity index (χ0) is 22.2. The molecule has 0 aliphatic heterocycles. The monoisotopic (exact) mass is 448 g/mol. The number of fused-ring (bicyclic) bond motifs is 1. The molecule has 4 aromatic rings. The van der Waals surface area contributed by atoms with Crippen LogP contribution in [0.3, 0.4) is 0 Å². The van der Waals surface area contributed by atoms with Crippen LogP contribution < -0.4 is 15.4 Å². The van der Waals surface area contributed by atoms with E-state index < -0.39 is 0 Å². The molecule has 0 atom stereocenters. The minimum absolute atomic E-state index is 0.00748. The van der Waals surface area contributed by atoms with Gasteiger partial charge in [-0.25, -0.2) is 14.5 Å². The Bertz CT molecular complexity index is 1340. The highest BCUT2D eigenvalue weighted by molar-refractivity contribution is 7.09. The molecule has 3 aromatic heterocycles. The Morgan fingerprint density at radius 3 is 2.72 bits per heavy atom. The van der Waals surface area contributed by atoms with Crippen LogP contribution in [0.15, 0.2) is 41.9 Å². The van der Waals surface area contributed by atoms with E-state index in [4.69, 9.17) is 4.74 Å². The van der Waals surface area contributed by atoms with Gasteiger partial charge in [0.05, 0.1) is 11.2 Å². The number of nitrogens with zero attached hydrogens (tertiary/aromatic N) is 4. The number of amides is 2. The molecule has 0 spiro atoms.